The number of rotatable bonds is 6. The van der Waals surface area contributed by atoms with E-state index in [2.05, 4.69) is 11.4 Å². The van der Waals surface area contributed by atoms with Crippen molar-refractivity contribution >= 4 is 21.6 Å². The van der Waals surface area contributed by atoms with Crippen LogP contribution >= 0.6 is 0 Å². The number of anilines is 1. The van der Waals surface area contributed by atoms with Gasteiger partial charge in [-0.15, -0.1) is 0 Å². The second-order valence-electron chi connectivity index (χ2n) is 6.75. The SMILES string of the molecule is CCN(CC)S(=O)(=O)c1cccc(NC(=O)[C@@H]2CCCc3ccccc32)c1. The number of carbonyl (C=O) groups excluding carboxylic acids is 1. The third kappa shape index (κ3) is 4.06. The van der Waals surface area contributed by atoms with Crippen molar-refractivity contribution < 1.29 is 13.2 Å². The molecule has 0 radical (unpaired) electrons. The first-order valence-electron chi connectivity index (χ1n) is 9.46. The molecule has 0 aromatic heterocycles. The molecule has 0 spiro atoms. The molecule has 3 rings (SSSR count). The Hall–Kier alpha value is -2.18. The van der Waals surface area contributed by atoms with Crippen LogP contribution in [0.15, 0.2) is 53.4 Å². The average molecular weight is 387 g/mol. The summed E-state index contributed by atoms with van der Waals surface area (Å²) >= 11 is 0. The lowest BCUT2D eigenvalue weighted by Crippen LogP contribution is -2.30. The quantitative estimate of drug-likeness (QED) is 0.822. The van der Waals surface area contributed by atoms with Crippen LogP contribution < -0.4 is 5.32 Å². The molecule has 1 aliphatic rings. The maximum Gasteiger partial charge on any atom is 0.243 e. The molecule has 6 heteroatoms. The lowest BCUT2D eigenvalue weighted by molar-refractivity contribution is -0.117. The van der Waals surface area contributed by atoms with Crippen molar-refractivity contribution in [3.8, 4) is 0 Å². The van der Waals surface area contributed by atoms with Crippen molar-refractivity contribution in [2.75, 3.05) is 18.4 Å². The zero-order valence-corrected chi connectivity index (χ0v) is 16.6. The number of hydrogen-bond acceptors (Lipinski definition) is 3. The summed E-state index contributed by atoms with van der Waals surface area (Å²) in [4.78, 5) is 13.1. The molecule has 2 aromatic rings. The topological polar surface area (TPSA) is 66.5 Å². The third-order valence-corrected chi connectivity index (χ3v) is 7.18. The first-order valence-corrected chi connectivity index (χ1v) is 10.9. The fraction of sp³-hybridized carbons (Fsp3) is 0.381. The fourth-order valence-corrected chi connectivity index (χ4v) is 5.21. The van der Waals surface area contributed by atoms with Gasteiger partial charge >= 0.3 is 0 Å². The van der Waals surface area contributed by atoms with Crippen molar-refractivity contribution in [2.24, 2.45) is 0 Å². The van der Waals surface area contributed by atoms with E-state index >= 15 is 0 Å². The summed E-state index contributed by atoms with van der Waals surface area (Å²) in [5.74, 6) is -0.280. The Balaban J connectivity index is 1.82. The summed E-state index contributed by atoms with van der Waals surface area (Å²) in [6, 6.07) is 14.6. The van der Waals surface area contributed by atoms with Gasteiger partial charge in [-0.1, -0.05) is 44.2 Å². The van der Waals surface area contributed by atoms with Crippen molar-refractivity contribution in [1.29, 1.82) is 0 Å². The average Bonchev–Trinajstić information content (AvgIpc) is 2.68. The van der Waals surface area contributed by atoms with Crippen LogP contribution in [-0.4, -0.2) is 31.7 Å². The maximum atomic E-state index is 12.9. The molecule has 0 saturated heterocycles. The molecule has 1 atom stereocenters. The van der Waals surface area contributed by atoms with Gasteiger partial charge in [0.25, 0.3) is 0 Å². The van der Waals surface area contributed by atoms with Gasteiger partial charge in [0.2, 0.25) is 15.9 Å². The molecule has 1 amide bonds. The summed E-state index contributed by atoms with van der Waals surface area (Å²) in [5, 5.41) is 2.92. The molecule has 0 bridgehead atoms. The number of amides is 1. The van der Waals surface area contributed by atoms with Crippen LogP contribution in [0.4, 0.5) is 5.69 Å². The molecule has 0 saturated carbocycles. The van der Waals surface area contributed by atoms with Crippen LogP contribution in [0.25, 0.3) is 0 Å². The lowest BCUT2D eigenvalue weighted by atomic mass is 9.82. The summed E-state index contributed by atoms with van der Waals surface area (Å²) < 4.78 is 26.8. The van der Waals surface area contributed by atoms with Crippen LogP contribution in [0.1, 0.15) is 43.7 Å². The fourth-order valence-electron chi connectivity index (χ4n) is 3.70. The van der Waals surface area contributed by atoms with Gasteiger partial charge in [0.05, 0.1) is 10.8 Å². The molecule has 1 aliphatic carbocycles. The van der Waals surface area contributed by atoms with Crippen molar-refractivity contribution in [3.63, 3.8) is 0 Å². The van der Waals surface area contributed by atoms with Crippen molar-refractivity contribution in [2.45, 2.75) is 43.9 Å². The second-order valence-corrected chi connectivity index (χ2v) is 8.69. The first kappa shape index (κ1) is 19.6. The highest BCUT2D eigenvalue weighted by molar-refractivity contribution is 7.89. The van der Waals surface area contributed by atoms with E-state index in [0.29, 0.717) is 18.8 Å². The summed E-state index contributed by atoms with van der Waals surface area (Å²) in [6.45, 7) is 4.45. The summed E-state index contributed by atoms with van der Waals surface area (Å²) in [5.41, 5.74) is 2.81. The van der Waals surface area contributed by atoms with Gasteiger partial charge in [-0.2, -0.15) is 4.31 Å². The Bertz CT molecular complexity index is 921. The molecular formula is C21H26N2O3S. The minimum Gasteiger partial charge on any atom is -0.326 e. The minimum atomic E-state index is -3.55. The highest BCUT2D eigenvalue weighted by atomic mass is 32.2. The molecule has 144 valence electrons. The van der Waals surface area contributed by atoms with E-state index in [1.807, 2.05) is 32.0 Å². The third-order valence-electron chi connectivity index (χ3n) is 5.13. The molecule has 2 aromatic carbocycles. The first-order chi connectivity index (χ1) is 13.0. The zero-order valence-electron chi connectivity index (χ0n) is 15.8. The molecule has 0 aliphatic heterocycles. The number of aryl methyl sites for hydroxylation is 1. The van der Waals surface area contributed by atoms with Crippen molar-refractivity contribution in [3.05, 3.63) is 59.7 Å². The normalized spacial score (nSPS) is 16.8. The number of sulfonamides is 1. The number of nitrogens with zero attached hydrogens (tertiary/aromatic N) is 1. The largest absolute Gasteiger partial charge is 0.326 e. The van der Waals surface area contributed by atoms with Gasteiger partial charge in [-0.25, -0.2) is 8.42 Å². The van der Waals surface area contributed by atoms with Gasteiger partial charge in [0, 0.05) is 18.8 Å². The standard InChI is InChI=1S/C21H26N2O3S/c1-3-23(4-2)27(25,26)18-12-8-11-17(15-18)22-21(24)20-14-7-10-16-9-5-6-13-19(16)20/h5-6,8-9,11-13,15,20H,3-4,7,10,14H2,1-2H3,(H,22,24)/t20-/m1/s1. The predicted molar refractivity (Wildman–Crippen MR) is 107 cm³/mol. The number of fused-ring (bicyclic) bond motifs is 1. The van der Waals surface area contributed by atoms with Crippen LogP contribution in [0.2, 0.25) is 0 Å². The Morgan fingerprint density at radius 2 is 1.85 bits per heavy atom. The van der Waals surface area contributed by atoms with Crippen molar-refractivity contribution in [1.82, 2.24) is 4.31 Å². The Kier molecular flexibility index (Phi) is 5.97. The van der Waals surface area contributed by atoms with Crippen LogP contribution in [0.5, 0.6) is 0 Å². The molecule has 27 heavy (non-hydrogen) atoms. The van der Waals surface area contributed by atoms with E-state index in [0.717, 1.165) is 24.8 Å². The number of carbonyl (C=O) groups is 1. The number of nitrogens with one attached hydrogen (secondary N) is 1. The van der Waals surface area contributed by atoms with E-state index in [-0.39, 0.29) is 16.7 Å². The maximum absolute atomic E-state index is 12.9. The predicted octanol–water partition coefficient (Wildman–Crippen LogP) is 3.78. The highest BCUT2D eigenvalue weighted by Crippen LogP contribution is 2.32. The van der Waals surface area contributed by atoms with Gasteiger partial charge in [0.1, 0.15) is 0 Å². The summed E-state index contributed by atoms with van der Waals surface area (Å²) in [7, 11) is -3.55. The molecule has 5 nitrogen and oxygen atoms in total. The van der Waals surface area contributed by atoms with Gasteiger partial charge in [0.15, 0.2) is 0 Å². The van der Waals surface area contributed by atoms with Crippen LogP contribution in [-0.2, 0) is 21.2 Å². The second kappa shape index (κ2) is 8.23. The van der Waals surface area contributed by atoms with Gasteiger partial charge in [-0.05, 0) is 48.6 Å². The molecule has 0 fully saturated rings. The Morgan fingerprint density at radius 3 is 2.59 bits per heavy atom. The van der Waals surface area contributed by atoms with E-state index in [1.165, 1.54) is 9.87 Å². The molecule has 0 heterocycles. The molecule has 1 N–H and O–H groups in total. The summed E-state index contributed by atoms with van der Waals surface area (Å²) in [6.07, 6.45) is 2.78. The smallest absolute Gasteiger partial charge is 0.243 e. The number of benzene rings is 2. The van der Waals surface area contributed by atoms with Gasteiger partial charge in [-0.3, -0.25) is 4.79 Å². The van der Waals surface area contributed by atoms with Crippen LogP contribution in [0.3, 0.4) is 0 Å². The highest BCUT2D eigenvalue weighted by Gasteiger charge is 2.27. The molecule has 0 unspecified atom stereocenters. The van der Waals surface area contributed by atoms with Gasteiger partial charge < -0.3 is 5.32 Å². The Labute approximate surface area is 161 Å². The minimum absolute atomic E-state index is 0.0838. The van der Waals surface area contributed by atoms with E-state index in [9.17, 15) is 13.2 Å². The number of hydrogen-bond donors (Lipinski definition) is 1. The van der Waals surface area contributed by atoms with E-state index in [4.69, 9.17) is 0 Å². The van der Waals surface area contributed by atoms with E-state index < -0.39 is 10.0 Å². The molecular weight excluding hydrogens is 360 g/mol. The van der Waals surface area contributed by atoms with Crippen LogP contribution in [0, 0.1) is 0 Å². The monoisotopic (exact) mass is 386 g/mol. The Morgan fingerprint density at radius 1 is 1.11 bits per heavy atom. The zero-order chi connectivity index (χ0) is 19.4. The van der Waals surface area contributed by atoms with E-state index in [1.54, 1.807) is 24.3 Å². The lowest BCUT2D eigenvalue weighted by Gasteiger charge is -2.25.